The van der Waals surface area contributed by atoms with Crippen LogP contribution < -0.4 is 0 Å². The number of hydrogen-bond acceptors (Lipinski definition) is 6. The average Bonchev–Trinajstić information content (AvgIpc) is 2.47. The molecule has 0 heterocycles. The first-order valence-electron chi connectivity index (χ1n) is 6.70. The summed E-state index contributed by atoms with van der Waals surface area (Å²) in [5.74, 6) is 0. The largest absolute Gasteiger partial charge is 0.441 e. The van der Waals surface area contributed by atoms with E-state index in [-0.39, 0.29) is 5.56 Å². The predicted molar refractivity (Wildman–Crippen MR) is 77.6 cm³/mol. The molecule has 0 aliphatic carbocycles. The maximum Gasteiger partial charge on any atom is 0.410 e. The Morgan fingerprint density at radius 1 is 1.23 bits per heavy atom. The van der Waals surface area contributed by atoms with Gasteiger partial charge in [-0.05, 0) is 26.8 Å². The predicted octanol–water partition coefficient (Wildman–Crippen LogP) is 3.04. The SMILES string of the molecule is CCN(CC)C(=O)OC(C)c1ccc([N+](=O)[O-])cc1[N+](=O)[O-]. The molecular weight excluding hydrogens is 294 g/mol. The Bertz CT molecular complexity index is 585. The summed E-state index contributed by atoms with van der Waals surface area (Å²) in [5.41, 5.74) is -0.733. The van der Waals surface area contributed by atoms with Gasteiger partial charge in [0.15, 0.2) is 0 Å². The second-order valence-electron chi connectivity index (χ2n) is 4.46. The van der Waals surface area contributed by atoms with Crippen LogP contribution in [0.3, 0.4) is 0 Å². The molecule has 0 aliphatic heterocycles. The van der Waals surface area contributed by atoms with Gasteiger partial charge in [0.25, 0.3) is 11.4 Å². The van der Waals surface area contributed by atoms with Crippen LogP contribution in [0.1, 0.15) is 32.4 Å². The van der Waals surface area contributed by atoms with Gasteiger partial charge in [-0.25, -0.2) is 4.79 Å². The highest BCUT2D eigenvalue weighted by molar-refractivity contribution is 5.68. The van der Waals surface area contributed by atoms with Gasteiger partial charge in [0.05, 0.1) is 21.5 Å². The Hall–Kier alpha value is -2.71. The summed E-state index contributed by atoms with van der Waals surface area (Å²) in [6.45, 7) is 5.94. The first-order chi connectivity index (χ1) is 10.3. The van der Waals surface area contributed by atoms with Crippen molar-refractivity contribution in [3.05, 3.63) is 44.0 Å². The van der Waals surface area contributed by atoms with Gasteiger partial charge in [-0.3, -0.25) is 20.2 Å². The van der Waals surface area contributed by atoms with Gasteiger partial charge in [-0.2, -0.15) is 0 Å². The van der Waals surface area contributed by atoms with Crippen LogP contribution in [0.15, 0.2) is 18.2 Å². The normalized spacial score (nSPS) is 11.6. The van der Waals surface area contributed by atoms with Gasteiger partial charge in [-0.15, -0.1) is 0 Å². The van der Waals surface area contributed by atoms with Crippen molar-refractivity contribution in [2.45, 2.75) is 26.9 Å². The number of carbonyl (C=O) groups is 1. The molecule has 0 bridgehead atoms. The molecule has 1 atom stereocenters. The zero-order valence-corrected chi connectivity index (χ0v) is 12.5. The van der Waals surface area contributed by atoms with E-state index in [9.17, 15) is 25.0 Å². The van der Waals surface area contributed by atoms with E-state index in [1.54, 1.807) is 13.8 Å². The van der Waals surface area contributed by atoms with Crippen LogP contribution in [0, 0.1) is 20.2 Å². The molecule has 1 aromatic carbocycles. The van der Waals surface area contributed by atoms with Crippen LogP contribution in [0.5, 0.6) is 0 Å². The minimum Gasteiger partial charge on any atom is -0.441 e. The molecular formula is C13H17N3O6. The van der Waals surface area contributed by atoms with E-state index in [0.29, 0.717) is 13.1 Å². The summed E-state index contributed by atoms with van der Waals surface area (Å²) < 4.78 is 5.18. The van der Waals surface area contributed by atoms with Crippen molar-refractivity contribution >= 4 is 17.5 Å². The van der Waals surface area contributed by atoms with E-state index >= 15 is 0 Å². The molecule has 1 aromatic rings. The number of nitro benzene ring substituents is 2. The molecule has 0 saturated heterocycles. The Balaban J connectivity index is 3.07. The van der Waals surface area contributed by atoms with Crippen molar-refractivity contribution in [2.24, 2.45) is 0 Å². The lowest BCUT2D eigenvalue weighted by atomic mass is 10.1. The first-order valence-corrected chi connectivity index (χ1v) is 6.70. The van der Waals surface area contributed by atoms with Crippen molar-refractivity contribution in [1.29, 1.82) is 0 Å². The van der Waals surface area contributed by atoms with Gasteiger partial charge >= 0.3 is 6.09 Å². The second-order valence-corrected chi connectivity index (χ2v) is 4.46. The molecule has 0 aromatic heterocycles. The number of amides is 1. The van der Waals surface area contributed by atoms with Gasteiger partial charge < -0.3 is 9.64 Å². The van der Waals surface area contributed by atoms with E-state index in [0.717, 1.165) is 12.1 Å². The Morgan fingerprint density at radius 3 is 2.27 bits per heavy atom. The highest BCUT2D eigenvalue weighted by Crippen LogP contribution is 2.31. The lowest BCUT2D eigenvalue weighted by molar-refractivity contribution is -0.394. The fourth-order valence-corrected chi connectivity index (χ4v) is 1.92. The molecule has 0 N–H and O–H groups in total. The number of rotatable bonds is 6. The molecule has 0 saturated carbocycles. The molecule has 1 rings (SSSR count). The number of non-ortho nitro benzene ring substituents is 1. The minimum absolute atomic E-state index is 0.108. The summed E-state index contributed by atoms with van der Waals surface area (Å²) in [7, 11) is 0. The molecule has 9 heteroatoms. The van der Waals surface area contributed by atoms with Crippen LogP contribution in [-0.2, 0) is 4.74 Å². The number of carbonyl (C=O) groups excluding carboxylic acids is 1. The number of hydrogen-bond donors (Lipinski definition) is 0. The summed E-state index contributed by atoms with van der Waals surface area (Å²) in [5, 5.41) is 21.8. The Labute approximate surface area is 126 Å². The van der Waals surface area contributed by atoms with Crippen LogP contribution in [-0.4, -0.2) is 33.9 Å². The van der Waals surface area contributed by atoms with Crippen molar-refractivity contribution in [3.63, 3.8) is 0 Å². The van der Waals surface area contributed by atoms with Crippen molar-refractivity contribution in [3.8, 4) is 0 Å². The molecule has 0 spiro atoms. The van der Waals surface area contributed by atoms with E-state index in [1.165, 1.54) is 17.9 Å². The fraction of sp³-hybridized carbons (Fsp3) is 0.462. The van der Waals surface area contributed by atoms with Gasteiger partial charge in [-0.1, -0.05) is 0 Å². The Kier molecular flexibility index (Phi) is 5.79. The molecule has 120 valence electrons. The van der Waals surface area contributed by atoms with Crippen molar-refractivity contribution in [1.82, 2.24) is 4.90 Å². The standard InChI is InChI=1S/C13H17N3O6/c1-4-14(5-2)13(17)22-9(3)11-7-6-10(15(18)19)8-12(11)16(20)21/h6-9H,4-5H2,1-3H3. The third kappa shape index (κ3) is 3.90. The number of benzene rings is 1. The highest BCUT2D eigenvalue weighted by Gasteiger charge is 2.26. The number of ether oxygens (including phenoxy) is 1. The van der Waals surface area contributed by atoms with E-state index in [4.69, 9.17) is 4.74 Å². The lowest BCUT2D eigenvalue weighted by Crippen LogP contribution is -2.31. The van der Waals surface area contributed by atoms with Gasteiger partial charge in [0.1, 0.15) is 6.10 Å². The second kappa shape index (κ2) is 7.34. The average molecular weight is 311 g/mol. The highest BCUT2D eigenvalue weighted by atomic mass is 16.6. The summed E-state index contributed by atoms with van der Waals surface area (Å²) in [4.78, 5) is 33.6. The van der Waals surface area contributed by atoms with Crippen LogP contribution >= 0.6 is 0 Å². The molecule has 22 heavy (non-hydrogen) atoms. The molecule has 1 unspecified atom stereocenters. The lowest BCUT2D eigenvalue weighted by Gasteiger charge is -2.21. The van der Waals surface area contributed by atoms with E-state index in [1.807, 2.05) is 0 Å². The number of nitro groups is 2. The van der Waals surface area contributed by atoms with E-state index in [2.05, 4.69) is 0 Å². The van der Waals surface area contributed by atoms with Gasteiger partial charge in [0, 0.05) is 19.2 Å². The Morgan fingerprint density at radius 2 is 1.82 bits per heavy atom. The van der Waals surface area contributed by atoms with Crippen molar-refractivity contribution in [2.75, 3.05) is 13.1 Å². The third-order valence-corrected chi connectivity index (χ3v) is 3.16. The zero-order chi connectivity index (χ0) is 16.9. The monoisotopic (exact) mass is 311 g/mol. The summed E-state index contributed by atoms with van der Waals surface area (Å²) >= 11 is 0. The maximum atomic E-state index is 11.9. The van der Waals surface area contributed by atoms with Crippen molar-refractivity contribution < 1.29 is 19.4 Å². The third-order valence-electron chi connectivity index (χ3n) is 3.16. The minimum atomic E-state index is -0.894. The maximum absolute atomic E-state index is 11.9. The molecule has 0 radical (unpaired) electrons. The quantitative estimate of drug-likeness (QED) is 0.589. The summed E-state index contributed by atoms with van der Waals surface area (Å²) in [6, 6.07) is 3.23. The molecule has 0 aliphatic rings. The van der Waals surface area contributed by atoms with Gasteiger partial charge in [0.2, 0.25) is 0 Å². The molecule has 0 fully saturated rings. The summed E-state index contributed by atoms with van der Waals surface area (Å²) in [6.07, 6.45) is -1.49. The fourth-order valence-electron chi connectivity index (χ4n) is 1.92. The number of nitrogens with zero attached hydrogens (tertiary/aromatic N) is 3. The van der Waals surface area contributed by atoms with Crippen LogP contribution in [0.4, 0.5) is 16.2 Å². The smallest absolute Gasteiger partial charge is 0.410 e. The van der Waals surface area contributed by atoms with E-state index < -0.39 is 33.4 Å². The molecule has 1 amide bonds. The van der Waals surface area contributed by atoms with Crippen LogP contribution in [0.25, 0.3) is 0 Å². The topological polar surface area (TPSA) is 116 Å². The van der Waals surface area contributed by atoms with Crippen LogP contribution in [0.2, 0.25) is 0 Å². The molecule has 9 nitrogen and oxygen atoms in total. The zero-order valence-electron chi connectivity index (χ0n) is 12.5. The first kappa shape index (κ1) is 17.3.